The van der Waals surface area contributed by atoms with Crippen molar-refractivity contribution in [2.75, 3.05) is 46.2 Å². The number of hydrogen-bond acceptors (Lipinski definition) is 4. The molecule has 0 N–H and O–H groups in total. The molecule has 0 atom stereocenters. The molecule has 0 aromatic carbocycles. The molecule has 0 aliphatic carbocycles. The van der Waals surface area contributed by atoms with Crippen molar-refractivity contribution in [3.8, 4) is 0 Å². The van der Waals surface area contributed by atoms with E-state index in [0.29, 0.717) is 45.6 Å². The average molecular weight is 290 g/mol. The highest BCUT2D eigenvalue weighted by atomic mass is 16.6. The molecule has 0 aliphatic heterocycles. The van der Waals surface area contributed by atoms with Gasteiger partial charge in [0.25, 0.3) is 0 Å². The van der Waals surface area contributed by atoms with E-state index in [1.165, 1.54) is 0 Å². The van der Waals surface area contributed by atoms with Crippen molar-refractivity contribution in [3.05, 3.63) is 0 Å². The average Bonchev–Trinajstić information content (AvgIpc) is 2.45. The fourth-order valence-electron chi connectivity index (χ4n) is 2.33. The zero-order valence-corrected chi connectivity index (χ0v) is 14.1. The van der Waals surface area contributed by atoms with Crippen molar-refractivity contribution in [1.29, 1.82) is 0 Å². The van der Waals surface area contributed by atoms with Gasteiger partial charge < -0.3 is 18.9 Å². The molecule has 0 fully saturated rings. The van der Waals surface area contributed by atoms with E-state index in [1.807, 2.05) is 6.92 Å². The Kier molecular flexibility index (Phi) is 12.5. The molecule has 0 amide bonds. The predicted molar refractivity (Wildman–Crippen MR) is 82.2 cm³/mol. The van der Waals surface area contributed by atoms with Crippen LogP contribution in [0.4, 0.5) is 0 Å². The van der Waals surface area contributed by atoms with Crippen molar-refractivity contribution < 1.29 is 18.9 Å². The summed E-state index contributed by atoms with van der Waals surface area (Å²) < 4.78 is 22.1. The largest absolute Gasteiger partial charge is 0.379 e. The van der Waals surface area contributed by atoms with E-state index in [-0.39, 0.29) is 5.60 Å². The Labute approximate surface area is 125 Å². The van der Waals surface area contributed by atoms with Gasteiger partial charge in [0.1, 0.15) is 0 Å². The van der Waals surface area contributed by atoms with Crippen LogP contribution in [0.25, 0.3) is 0 Å². The van der Waals surface area contributed by atoms with Crippen LogP contribution in [0, 0.1) is 5.92 Å². The monoisotopic (exact) mass is 290 g/mol. The molecule has 0 spiro atoms. The maximum atomic E-state index is 6.06. The lowest BCUT2D eigenvalue weighted by Gasteiger charge is -2.36. The highest BCUT2D eigenvalue weighted by molar-refractivity contribution is 4.81. The second-order valence-electron chi connectivity index (χ2n) is 5.20. The van der Waals surface area contributed by atoms with E-state index in [0.717, 1.165) is 19.4 Å². The molecule has 0 unspecified atom stereocenters. The van der Waals surface area contributed by atoms with Gasteiger partial charge in [-0.25, -0.2) is 0 Å². The summed E-state index contributed by atoms with van der Waals surface area (Å²) in [5.74, 6) is 0.527. The van der Waals surface area contributed by atoms with Crippen molar-refractivity contribution in [3.63, 3.8) is 0 Å². The van der Waals surface area contributed by atoms with E-state index < -0.39 is 0 Å². The summed E-state index contributed by atoms with van der Waals surface area (Å²) in [6.45, 7) is 15.3. The summed E-state index contributed by atoms with van der Waals surface area (Å²) in [4.78, 5) is 0. The van der Waals surface area contributed by atoms with Crippen molar-refractivity contribution in [1.82, 2.24) is 0 Å². The summed E-state index contributed by atoms with van der Waals surface area (Å²) in [6.07, 6.45) is 2.09. The Morgan fingerprint density at radius 2 is 1.15 bits per heavy atom. The molecule has 0 radical (unpaired) electrons. The van der Waals surface area contributed by atoms with Crippen LogP contribution in [-0.4, -0.2) is 51.8 Å². The summed E-state index contributed by atoms with van der Waals surface area (Å²) in [6, 6.07) is 0. The molecule has 0 heterocycles. The number of hydrogen-bond donors (Lipinski definition) is 0. The molecule has 0 rings (SSSR count). The van der Waals surface area contributed by atoms with Crippen LogP contribution in [0.2, 0.25) is 0 Å². The van der Waals surface area contributed by atoms with E-state index >= 15 is 0 Å². The highest BCUT2D eigenvalue weighted by Gasteiger charge is 2.30. The first-order valence-electron chi connectivity index (χ1n) is 8.00. The van der Waals surface area contributed by atoms with Gasteiger partial charge in [-0.05, 0) is 25.7 Å². The molecule has 0 saturated heterocycles. The normalized spacial score (nSPS) is 12.3. The molecule has 0 aromatic rings. The fourth-order valence-corrected chi connectivity index (χ4v) is 2.33. The summed E-state index contributed by atoms with van der Waals surface area (Å²) in [7, 11) is 0. The van der Waals surface area contributed by atoms with Crippen LogP contribution in [0.15, 0.2) is 0 Å². The highest BCUT2D eigenvalue weighted by Crippen LogP contribution is 2.29. The van der Waals surface area contributed by atoms with Gasteiger partial charge in [-0.1, -0.05) is 27.7 Å². The molecule has 4 nitrogen and oxygen atoms in total. The maximum absolute atomic E-state index is 6.06. The predicted octanol–water partition coefficient (Wildman–Crippen LogP) is 3.29. The molecule has 122 valence electrons. The van der Waals surface area contributed by atoms with Crippen LogP contribution in [-0.2, 0) is 18.9 Å². The smallest absolute Gasteiger partial charge is 0.0708 e. The Hall–Kier alpha value is -0.160. The Bertz CT molecular complexity index is 203. The molecule has 4 heteroatoms. The second kappa shape index (κ2) is 12.6. The quantitative estimate of drug-likeness (QED) is 0.460. The molecular formula is C16H34O4. The van der Waals surface area contributed by atoms with Crippen LogP contribution in [0.5, 0.6) is 0 Å². The first kappa shape index (κ1) is 19.8. The van der Waals surface area contributed by atoms with Crippen LogP contribution >= 0.6 is 0 Å². The lowest BCUT2D eigenvalue weighted by Crippen LogP contribution is -2.38. The van der Waals surface area contributed by atoms with Gasteiger partial charge >= 0.3 is 0 Å². The Morgan fingerprint density at radius 3 is 1.55 bits per heavy atom. The van der Waals surface area contributed by atoms with Crippen molar-refractivity contribution >= 4 is 0 Å². The SMILES string of the molecule is CCOCCOCCOCCOC(CC)(CC)C(C)C. The zero-order chi connectivity index (χ0) is 15.3. The molecule has 20 heavy (non-hydrogen) atoms. The standard InChI is InChI=1S/C16H34O4/c1-6-16(7-2,15(4)5)20-14-13-19-12-11-18-10-9-17-8-3/h15H,6-14H2,1-5H3. The molecular weight excluding hydrogens is 256 g/mol. The number of ether oxygens (including phenoxy) is 4. The fraction of sp³-hybridized carbons (Fsp3) is 1.00. The summed E-state index contributed by atoms with van der Waals surface area (Å²) in [5, 5.41) is 0. The Balaban J connectivity index is 3.51. The van der Waals surface area contributed by atoms with E-state index in [1.54, 1.807) is 0 Å². The van der Waals surface area contributed by atoms with Gasteiger partial charge in [0.15, 0.2) is 0 Å². The lowest BCUT2D eigenvalue weighted by molar-refractivity contribution is -0.102. The number of rotatable bonds is 14. The maximum Gasteiger partial charge on any atom is 0.0708 e. The van der Waals surface area contributed by atoms with Gasteiger partial charge in [-0.2, -0.15) is 0 Å². The van der Waals surface area contributed by atoms with E-state index in [9.17, 15) is 0 Å². The zero-order valence-electron chi connectivity index (χ0n) is 14.1. The first-order chi connectivity index (χ1) is 9.63. The third-order valence-electron chi connectivity index (χ3n) is 3.81. The van der Waals surface area contributed by atoms with Crippen LogP contribution in [0.1, 0.15) is 47.5 Å². The lowest BCUT2D eigenvalue weighted by atomic mass is 9.85. The minimum Gasteiger partial charge on any atom is -0.379 e. The minimum absolute atomic E-state index is 0.00263. The summed E-state index contributed by atoms with van der Waals surface area (Å²) >= 11 is 0. The van der Waals surface area contributed by atoms with Gasteiger partial charge in [0, 0.05) is 6.61 Å². The third kappa shape index (κ3) is 8.20. The van der Waals surface area contributed by atoms with E-state index in [4.69, 9.17) is 18.9 Å². The molecule has 0 aromatic heterocycles. The van der Waals surface area contributed by atoms with Crippen LogP contribution in [0.3, 0.4) is 0 Å². The topological polar surface area (TPSA) is 36.9 Å². The molecule has 0 saturated carbocycles. The molecule has 0 aliphatic rings. The van der Waals surface area contributed by atoms with Crippen molar-refractivity contribution in [2.45, 2.75) is 53.1 Å². The van der Waals surface area contributed by atoms with Gasteiger partial charge in [-0.3, -0.25) is 0 Å². The summed E-state index contributed by atoms with van der Waals surface area (Å²) in [5.41, 5.74) is -0.00263. The van der Waals surface area contributed by atoms with Crippen LogP contribution < -0.4 is 0 Å². The van der Waals surface area contributed by atoms with Gasteiger partial charge in [0.2, 0.25) is 0 Å². The minimum atomic E-state index is -0.00263. The third-order valence-corrected chi connectivity index (χ3v) is 3.81. The van der Waals surface area contributed by atoms with Crippen molar-refractivity contribution in [2.24, 2.45) is 5.92 Å². The van der Waals surface area contributed by atoms with Gasteiger partial charge in [0.05, 0.1) is 45.2 Å². The molecule has 0 bridgehead atoms. The van der Waals surface area contributed by atoms with Gasteiger partial charge in [-0.15, -0.1) is 0 Å². The second-order valence-corrected chi connectivity index (χ2v) is 5.20. The van der Waals surface area contributed by atoms with E-state index in [2.05, 4.69) is 27.7 Å². The Morgan fingerprint density at radius 1 is 0.700 bits per heavy atom. The first-order valence-corrected chi connectivity index (χ1v) is 8.00.